The van der Waals surface area contributed by atoms with Crippen LogP contribution in [0, 0.1) is 0 Å². The van der Waals surface area contributed by atoms with Gasteiger partial charge in [-0.2, -0.15) is 0 Å². The Balaban J connectivity index is 1.71. The molecule has 1 saturated heterocycles. The van der Waals surface area contributed by atoms with E-state index in [2.05, 4.69) is 4.90 Å². The van der Waals surface area contributed by atoms with Crippen molar-refractivity contribution in [1.82, 2.24) is 4.90 Å². The molecule has 2 N–H and O–H groups in total. The first-order chi connectivity index (χ1) is 12.5. The van der Waals surface area contributed by atoms with Crippen LogP contribution in [-0.2, 0) is 9.53 Å². The number of esters is 1. The molecule has 26 heavy (non-hydrogen) atoms. The quantitative estimate of drug-likeness (QED) is 0.724. The van der Waals surface area contributed by atoms with Crippen LogP contribution in [0.15, 0.2) is 12.1 Å². The lowest BCUT2D eigenvalue weighted by molar-refractivity contribution is -0.148. The molecule has 1 spiro atoms. The van der Waals surface area contributed by atoms with Crippen molar-refractivity contribution in [1.29, 1.82) is 0 Å². The minimum atomic E-state index is -0.856. The van der Waals surface area contributed by atoms with Crippen molar-refractivity contribution < 1.29 is 29.2 Å². The third kappa shape index (κ3) is 2.14. The molecule has 1 aliphatic carbocycles. The third-order valence-electron chi connectivity index (χ3n) is 6.50. The second kappa shape index (κ2) is 5.58. The number of rotatable bonds is 1. The molecule has 3 aliphatic heterocycles. The number of hydrogen-bond donors (Lipinski definition) is 2. The minimum Gasteiger partial charge on any atom is -0.456 e. The van der Waals surface area contributed by atoms with Gasteiger partial charge in [0.15, 0.2) is 11.5 Å². The first-order valence-electron chi connectivity index (χ1n) is 9.21. The topological polar surface area (TPSA) is 88.5 Å². The molecule has 0 radical (unpaired) electrons. The molecular weight excluding hydrogens is 338 g/mol. The van der Waals surface area contributed by atoms with E-state index in [1.807, 2.05) is 12.1 Å². The zero-order valence-corrected chi connectivity index (χ0v) is 14.7. The van der Waals surface area contributed by atoms with Crippen LogP contribution < -0.4 is 9.47 Å². The molecule has 140 valence electrons. The van der Waals surface area contributed by atoms with Crippen LogP contribution in [0.4, 0.5) is 0 Å². The van der Waals surface area contributed by atoms with E-state index in [1.54, 1.807) is 0 Å². The largest absolute Gasteiger partial charge is 0.456 e. The van der Waals surface area contributed by atoms with E-state index in [-0.39, 0.29) is 24.2 Å². The maximum absolute atomic E-state index is 11.7. The molecule has 0 unspecified atom stereocenters. The van der Waals surface area contributed by atoms with Gasteiger partial charge in [0.1, 0.15) is 6.10 Å². The number of nitrogens with zero attached hydrogens (tertiary/aromatic N) is 1. The highest BCUT2D eigenvalue weighted by molar-refractivity contribution is 5.67. The van der Waals surface area contributed by atoms with Crippen LogP contribution in [-0.4, -0.2) is 58.7 Å². The Kier molecular flexibility index (Phi) is 3.51. The average molecular weight is 361 g/mol. The van der Waals surface area contributed by atoms with Gasteiger partial charge in [-0.3, -0.25) is 9.69 Å². The molecule has 0 amide bonds. The van der Waals surface area contributed by atoms with E-state index in [0.29, 0.717) is 24.5 Å². The molecule has 1 aromatic rings. The predicted octanol–water partition coefficient (Wildman–Crippen LogP) is 1.08. The Hall–Kier alpha value is -1.83. The highest BCUT2D eigenvalue weighted by Crippen LogP contribution is 2.57. The fraction of sp³-hybridized carbons (Fsp3) is 0.632. The first-order valence-corrected chi connectivity index (χ1v) is 9.21. The van der Waals surface area contributed by atoms with Crippen LogP contribution >= 0.6 is 0 Å². The fourth-order valence-corrected chi connectivity index (χ4v) is 5.56. The molecule has 1 aromatic carbocycles. The summed E-state index contributed by atoms with van der Waals surface area (Å²) in [5, 5.41) is 21.3. The van der Waals surface area contributed by atoms with E-state index in [1.165, 1.54) is 6.92 Å². The maximum atomic E-state index is 11.7. The lowest BCUT2D eigenvalue weighted by atomic mass is 9.78. The van der Waals surface area contributed by atoms with E-state index >= 15 is 0 Å². The van der Waals surface area contributed by atoms with Gasteiger partial charge in [-0.25, -0.2) is 0 Å². The summed E-state index contributed by atoms with van der Waals surface area (Å²) in [5.41, 5.74) is 1.43. The Morgan fingerprint density at radius 3 is 2.73 bits per heavy atom. The fourth-order valence-electron chi connectivity index (χ4n) is 5.56. The first kappa shape index (κ1) is 16.4. The van der Waals surface area contributed by atoms with Crippen molar-refractivity contribution in [2.24, 2.45) is 0 Å². The summed E-state index contributed by atoms with van der Waals surface area (Å²) in [6.07, 6.45) is 0.395. The Labute approximate surface area is 151 Å². The standard InChI is InChI=1S/C19H23NO6/c1-10(21)26-16-8-20-4-2-3-19(20)7-13(22)18(23)17(19)12-6-15-14(5-11(12)16)24-9-25-15/h5-6,13,16-18,22-23H,2-4,7-9H2,1H3/t13-,16-,17+,18-,19-/m0/s1. The molecule has 0 aromatic heterocycles. The lowest BCUT2D eigenvalue weighted by Crippen LogP contribution is -2.47. The van der Waals surface area contributed by atoms with Crippen LogP contribution in [0.1, 0.15) is 49.3 Å². The Morgan fingerprint density at radius 2 is 2.00 bits per heavy atom. The van der Waals surface area contributed by atoms with Crippen molar-refractivity contribution in [3.8, 4) is 11.5 Å². The summed E-state index contributed by atoms with van der Waals surface area (Å²) >= 11 is 0. The number of carbonyl (C=O) groups is 1. The zero-order chi connectivity index (χ0) is 18.1. The number of aliphatic hydroxyl groups is 2. The van der Waals surface area contributed by atoms with E-state index in [9.17, 15) is 15.0 Å². The molecule has 0 bridgehead atoms. The number of fused-ring (bicyclic) bond motifs is 3. The Bertz CT molecular complexity index is 767. The smallest absolute Gasteiger partial charge is 0.303 e. The molecule has 1 saturated carbocycles. The second-order valence-corrected chi connectivity index (χ2v) is 7.83. The number of aliphatic hydroxyl groups excluding tert-OH is 2. The van der Waals surface area contributed by atoms with Crippen molar-refractivity contribution in [3.05, 3.63) is 23.3 Å². The molecular formula is C19H23NO6. The van der Waals surface area contributed by atoms with Gasteiger partial charge in [-0.15, -0.1) is 0 Å². The monoisotopic (exact) mass is 361 g/mol. The molecule has 5 rings (SSSR count). The van der Waals surface area contributed by atoms with Gasteiger partial charge in [-0.05, 0) is 43.5 Å². The number of ether oxygens (including phenoxy) is 3. The van der Waals surface area contributed by atoms with Crippen molar-refractivity contribution in [3.63, 3.8) is 0 Å². The van der Waals surface area contributed by atoms with E-state index < -0.39 is 18.3 Å². The molecule has 3 heterocycles. The van der Waals surface area contributed by atoms with Crippen molar-refractivity contribution >= 4 is 5.97 Å². The van der Waals surface area contributed by atoms with Crippen LogP contribution in [0.25, 0.3) is 0 Å². The number of benzene rings is 1. The SMILES string of the molecule is CC(=O)O[C@H]1CN2CCC[C@@]23C[C@H](O)[C@H](O)[C@H]3c2cc3c(cc21)OCO3. The summed E-state index contributed by atoms with van der Waals surface area (Å²) in [4.78, 5) is 14.0. The van der Waals surface area contributed by atoms with Crippen molar-refractivity contribution in [2.75, 3.05) is 19.9 Å². The van der Waals surface area contributed by atoms with E-state index in [4.69, 9.17) is 14.2 Å². The Morgan fingerprint density at radius 1 is 1.27 bits per heavy atom. The maximum Gasteiger partial charge on any atom is 0.303 e. The molecule has 4 aliphatic rings. The second-order valence-electron chi connectivity index (χ2n) is 7.83. The summed E-state index contributed by atoms with van der Waals surface area (Å²) < 4.78 is 16.7. The normalized spacial score (nSPS) is 37.7. The highest BCUT2D eigenvalue weighted by atomic mass is 16.7. The highest BCUT2D eigenvalue weighted by Gasteiger charge is 2.60. The van der Waals surface area contributed by atoms with Gasteiger partial charge in [0.2, 0.25) is 6.79 Å². The van der Waals surface area contributed by atoms with Gasteiger partial charge in [-0.1, -0.05) is 0 Å². The number of carbonyl (C=O) groups excluding carboxylic acids is 1. The van der Waals surface area contributed by atoms with Gasteiger partial charge < -0.3 is 24.4 Å². The lowest BCUT2D eigenvalue weighted by Gasteiger charge is -2.39. The van der Waals surface area contributed by atoms with E-state index in [0.717, 1.165) is 30.5 Å². The summed E-state index contributed by atoms with van der Waals surface area (Å²) in [7, 11) is 0. The minimum absolute atomic E-state index is 0.156. The molecule has 7 heteroatoms. The van der Waals surface area contributed by atoms with Gasteiger partial charge >= 0.3 is 5.97 Å². The number of hydrogen-bond acceptors (Lipinski definition) is 7. The summed E-state index contributed by atoms with van der Waals surface area (Å²) in [6.45, 7) is 3.00. The van der Waals surface area contributed by atoms with Crippen molar-refractivity contribution in [2.45, 2.75) is 56.0 Å². The third-order valence-corrected chi connectivity index (χ3v) is 6.50. The summed E-state index contributed by atoms with van der Waals surface area (Å²) in [5.74, 6) is 0.690. The van der Waals surface area contributed by atoms with Crippen LogP contribution in [0.2, 0.25) is 0 Å². The van der Waals surface area contributed by atoms with Gasteiger partial charge in [0.05, 0.1) is 12.2 Å². The van der Waals surface area contributed by atoms with Crippen LogP contribution in [0.5, 0.6) is 11.5 Å². The zero-order valence-electron chi connectivity index (χ0n) is 14.7. The predicted molar refractivity (Wildman–Crippen MR) is 90.0 cm³/mol. The molecule has 2 fully saturated rings. The van der Waals surface area contributed by atoms with Crippen LogP contribution in [0.3, 0.4) is 0 Å². The molecule has 5 atom stereocenters. The average Bonchev–Trinajstić information content (AvgIpc) is 3.24. The summed E-state index contributed by atoms with van der Waals surface area (Å²) in [6, 6.07) is 3.78. The van der Waals surface area contributed by atoms with Gasteiger partial charge in [0, 0.05) is 30.5 Å². The van der Waals surface area contributed by atoms with Gasteiger partial charge in [0.25, 0.3) is 0 Å². The molecule has 7 nitrogen and oxygen atoms in total.